The molecule has 27 heavy (non-hydrogen) atoms. The standard InChI is InChI=1S/C21H22ClN3O2/c22-17-7-3-5-15(11-17)12-23-20(26)14-25-10-4-6-16(13-25)21-24-18-8-1-2-9-19(18)27-21/h1-3,5,7-9,11,16H,4,6,10,12-14H2,(H,23,26). The number of carbonyl (C=O) groups excluding carboxylic acids is 1. The Labute approximate surface area is 163 Å². The van der Waals surface area contributed by atoms with E-state index >= 15 is 0 Å². The zero-order valence-electron chi connectivity index (χ0n) is 15.0. The van der Waals surface area contributed by atoms with E-state index in [1.165, 1.54) is 0 Å². The first-order valence-electron chi connectivity index (χ1n) is 9.26. The average Bonchev–Trinajstić information content (AvgIpc) is 3.11. The van der Waals surface area contributed by atoms with Gasteiger partial charge in [-0.2, -0.15) is 0 Å². The zero-order valence-corrected chi connectivity index (χ0v) is 15.8. The van der Waals surface area contributed by atoms with Crippen LogP contribution < -0.4 is 5.32 Å². The Kier molecular flexibility index (Phi) is 5.41. The maximum atomic E-state index is 12.3. The summed E-state index contributed by atoms with van der Waals surface area (Å²) >= 11 is 5.98. The van der Waals surface area contributed by atoms with Crippen LogP contribution in [0.25, 0.3) is 11.1 Å². The van der Waals surface area contributed by atoms with E-state index in [0.717, 1.165) is 48.5 Å². The second kappa shape index (κ2) is 8.11. The van der Waals surface area contributed by atoms with Gasteiger partial charge >= 0.3 is 0 Å². The van der Waals surface area contributed by atoms with Crippen molar-refractivity contribution in [3.63, 3.8) is 0 Å². The van der Waals surface area contributed by atoms with Crippen molar-refractivity contribution in [3.8, 4) is 0 Å². The summed E-state index contributed by atoms with van der Waals surface area (Å²) in [5.41, 5.74) is 2.71. The summed E-state index contributed by atoms with van der Waals surface area (Å²) in [7, 11) is 0. The number of hydrogen-bond acceptors (Lipinski definition) is 4. The molecule has 1 fully saturated rings. The average molecular weight is 384 g/mol. The SMILES string of the molecule is O=C(CN1CCCC(c2nc3ccccc3o2)C1)NCc1cccc(Cl)c1. The molecule has 3 aromatic rings. The Morgan fingerprint density at radius 1 is 1.26 bits per heavy atom. The molecule has 0 spiro atoms. The van der Waals surface area contributed by atoms with Crippen molar-refractivity contribution in [2.75, 3.05) is 19.6 Å². The number of hydrogen-bond donors (Lipinski definition) is 1. The molecular formula is C21H22ClN3O2. The van der Waals surface area contributed by atoms with E-state index < -0.39 is 0 Å². The van der Waals surface area contributed by atoms with Gasteiger partial charge in [0.15, 0.2) is 11.5 Å². The van der Waals surface area contributed by atoms with Gasteiger partial charge in [-0.05, 0) is 49.2 Å². The topological polar surface area (TPSA) is 58.4 Å². The molecule has 1 aliphatic rings. The predicted molar refractivity (Wildman–Crippen MR) is 106 cm³/mol. The zero-order chi connectivity index (χ0) is 18.6. The van der Waals surface area contributed by atoms with E-state index in [1.807, 2.05) is 48.5 Å². The summed E-state index contributed by atoms with van der Waals surface area (Å²) in [6.45, 7) is 2.58. The number of halogens is 1. The molecule has 1 aromatic heterocycles. The predicted octanol–water partition coefficient (Wildman–Crippen LogP) is 3.98. The van der Waals surface area contributed by atoms with Crippen LogP contribution in [-0.2, 0) is 11.3 Å². The summed E-state index contributed by atoms with van der Waals surface area (Å²) in [6.07, 6.45) is 2.07. The number of nitrogens with zero attached hydrogens (tertiary/aromatic N) is 2. The number of rotatable bonds is 5. The van der Waals surface area contributed by atoms with Crippen LogP contribution in [0.5, 0.6) is 0 Å². The van der Waals surface area contributed by atoms with Crippen LogP contribution >= 0.6 is 11.6 Å². The molecule has 1 atom stereocenters. The molecule has 1 N–H and O–H groups in total. The first kappa shape index (κ1) is 18.0. The molecule has 6 heteroatoms. The maximum absolute atomic E-state index is 12.3. The molecule has 1 saturated heterocycles. The monoisotopic (exact) mass is 383 g/mol. The minimum atomic E-state index is 0.0215. The molecule has 0 aliphatic carbocycles. The van der Waals surface area contributed by atoms with Crippen molar-refractivity contribution in [1.29, 1.82) is 0 Å². The van der Waals surface area contributed by atoms with Crippen molar-refractivity contribution >= 4 is 28.6 Å². The number of carbonyl (C=O) groups is 1. The molecule has 1 aliphatic heterocycles. The van der Waals surface area contributed by atoms with E-state index in [0.29, 0.717) is 18.1 Å². The lowest BCUT2D eigenvalue weighted by Gasteiger charge is -2.30. The lowest BCUT2D eigenvalue weighted by Crippen LogP contribution is -2.41. The minimum absolute atomic E-state index is 0.0215. The fourth-order valence-electron chi connectivity index (χ4n) is 3.57. The molecule has 5 nitrogen and oxygen atoms in total. The lowest BCUT2D eigenvalue weighted by atomic mass is 9.98. The van der Waals surface area contributed by atoms with Crippen molar-refractivity contribution in [2.24, 2.45) is 0 Å². The highest BCUT2D eigenvalue weighted by Gasteiger charge is 2.26. The van der Waals surface area contributed by atoms with Crippen LogP contribution in [0.1, 0.15) is 30.2 Å². The van der Waals surface area contributed by atoms with E-state index in [9.17, 15) is 4.79 Å². The number of nitrogens with one attached hydrogen (secondary N) is 1. The third-order valence-corrected chi connectivity index (χ3v) is 5.15. The normalized spacial score (nSPS) is 17.9. The summed E-state index contributed by atoms with van der Waals surface area (Å²) < 4.78 is 5.93. The molecule has 0 bridgehead atoms. The van der Waals surface area contributed by atoms with Gasteiger partial charge in [0.1, 0.15) is 5.52 Å². The number of piperidine rings is 1. The highest BCUT2D eigenvalue weighted by atomic mass is 35.5. The van der Waals surface area contributed by atoms with E-state index in [1.54, 1.807) is 0 Å². The Balaban J connectivity index is 1.33. The molecule has 2 heterocycles. The maximum Gasteiger partial charge on any atom is 0.234 e. The highest BCUT2D eigenvalue weighted by molar-refractivity contribution is 6.30. The molecule has 0 radical (unpaired) electrons. The first-order chi connectivity index (χ1) is 13.2. The number of para-hydroxylation sites is 2. The van der Waals surface area contributed by atoms with Crippen molar-refractivity contribution in [2.45, 2.75) is 25.3 Å². The fraction of sp³-hybridized carbons (Fsp3) is 0.333. The largest absolute Gasteiger partial charge is 0.440 e. The lowest BCUT2D eigenvalue weighted by molar-refractivity contribution is -0.122. The van der Waals surface area contributed by atoms with Crippen LogP contribution in [0.3, 0.4) is 0 Å². The van der Waals surface area contributed by atoms with Gasteiger partial charge in [-0.25, -0.2) is 4.98 Å². The number of aromatic nitrogens is 1. The molecule has 2 aromatic carbocycles. The van der Waals surface area contributed by atoms with Crippen molar-refractivity contribution in [3.05, 3.63) is 65.0 Å². The minimum Gasteiger partial charge on any atom is -0.440 e. The molecular weight excluding hydrogens is 362 g/mol. The van der Waals surface area contributed by atoms with Crippen LogP contribution in [-0.4, -0.2) is 35.4 Å². The summed E-state index contributed by atoms with van der Waals surface area (Å²) in [6, 6.07) is 15.4. The summed E-state index contributed by atoms with van der Waals surface area (Å²) in [5.74, 6) is 1.03. The highest BCUT2D eigenvalue weighted by Crippen LogP contribution is 2.28. The van der Waals surface area contributed by atoms with Gasteiger partial charge in [-0.3, -0.25) is 9.69 Å². The summed E-state index contributed by atoms with van der Waals surface area (Å²) in [4.78, 5) is 19.1. The number of amides is 1. The van der Waals surface area contributed by atoms with Gasteiger partial charge < -0.3 is 9.73 Å². The van der Waals surface area contributed by atoms with E-state index in [4.69, 9.17) is 16.0 Å². The fourth-order valence-corrected chi connectivity index (χ4v) is 3.78. The number of benzene rings is 2. The molecule has 1 unspecified atom stereocenters. The second-order valence-corrected chi connectivity index (χ2v) is 7.44. The van der Waals surface area contributed by atoms with Gasteiger partial charge in [0.2, 0.25) is 5.91 Å². The quantitative estimate of drug-likeness (QED) is 0.724. The Morgan fingerprint density at radius 2 is 2.15 bits per heavy atom. The Bertz CT molecular complexity index is 907. The number of fused-ring (bicyclic) bond motifs is 1. The third-order valence-electron chi connectivity index (χ3n) is 4.91. The smallest absolute Gasteiger partial charge is 0.234 e. The van der Waals surface area contributed by atoms with Gasteiger partial charge in [0.05, 0.1) is 6.54 Å². The second-order valence-electron chi connectivity index (χ2n) is 7.00. The number of oxazole rings is 1. The van der Waals surface area contributed by atoms with Crippen LogP contribution in [0, 0.1) is 0 Å². The van der Waals surface area contributed by atoms with E-state index in [2.05, 4.69) is 15.2 Å². The molecule has 140 valence electrons. The van der Waals surface area contributed by atoms with Gasteiger partial charge in [0.25, 0.3) is 0 Å². The van der Waals surface area contributed by atoms with E-state index in [-0.39, 0.29) is 11.8 Å². The number of likely N-dealkylation sites (tertiary alicyclic amines) is 1. The molecule has 0 saturated carbocycles. The summed E-state index contributed by atoms with van der Waals surface area (Å²) in [5, 5.41) is 3.65. The first-order valence-corrected chi connectivity index (χ1v) is 9.64. The Hall–Kier alpha value is -2.37. The molecule has 4 rings (SSSR count). The van der Waals surface area contributed by atoms with Gasteiger partial charge in [0, 0.05) is 24.0 Å². The van der Waals surface area contributed by atoms with Gasteiger partial charge in [-0.15, -0.1) is 0 Å². The Morgan fingerprint density at radius 3 is 3.00 bits per heavy atom. The third kappa shape index (κ3) is 4.49. The van der Waals surface area contributed by atoms with Gasteiger partial charge in [-0.1, -0.05) is 35.9 Å². The van der Waals surface area contributed by atoms with Crippen molar-refractivity contribution in [1.82, 2.24) is 15.2 Å². The van der Waals surface area contributed by atoms with Crippen molar-refractivity contribution < 1.29 is 9.21 Å². The van der Waals surface area contributed by atoms with Crippen LogP contribution in [0.2, 0.25) is 5.02 Å². The molecule has 1 amide bonds. The van der Waals surface area contributed by atoms with Crippen LogP contribution in [0.4, 0.5) is 0 Å². The van der Waals surface area contributed by atoms with Crippen LogP contribution in [0.15, 0.2) is 52.9 Å².